The van der Waals surface area contributed by atoms with Crippen LogP contribution in [0.25, 0.3) is 0 Å². The maximum absolute atomic E-state index is 12.5. The second-order valence-electron chi connectivity index (χ2n) is 5.74. The molecule has 2 aromatic rings. The number of rotatable bonds is 5. The molecule has 1 aromatic carbocycles. The first-order valence-electron chi connectivity index (χ1n) is 8.49. The van der Waals surface area contributed by atoms with Gasteiger partial charge in [0.1, 0.15) is 14.8 Å². The van der Waals surface area contributed by atoms with E-state index in [1.807, 2.05) is 0 Å². The molecule has 10 heteroatoms. The molecule has 0 atom stereocenters. The number of hydrogen-bond donors (Lipinski definition) is 1. The molecule has 1 aliphatic rings. The number of fused-ring (bicyclic) bond motifs is 1. The van der Waals surface area contributed by atoms with Crippen molar-refractivity contribution in [2.75, 3.05) is 18.5 Å². The minimum Gasteiger partial charge on any atom is -0.462 e. The zero-order chi connectivity index (χ0) is 20.5. The Labute approximate surface area is 166 Å². The third kappa shape index (κ3) is 3.52. The first-order chi connectivity index (χ1) is 13.3. The van der Waals surface area contributed by atoms with Gasteiger partial charge in [0.2, 0.25) is 0 Å². The van der Waals surface area contributed by atoms with Crippen molar-refractivity contribution >= 4 is 44.1 Å². The van der Waals surface area contributed by atoms with Gasteiger partial charge < -0.3 is 14.8 Å². The van der Waals surface area contributed by atoms with E-state index in [4.69, 9.17) is 9.47 Å². The average Bonchev–Trinajstić information content (AvgIpc) is 3.10. The van der Waals surface area contributed by atoms with Crippen molar-refractivity contribution in [2.45, 2.75) is 25.7 Å². The Bertz CT molecular complexity index is 1090. The molecule has 148 valence electrons. The fourth-order valence-electron chi connectivity index (χ4n) is 2.75. The minimum absolute atomic E-state index is 0.0779. The van der Waals surface area contributed by atoms with E-state index in [0.29, 0.717) is 11.1 Å². The number of anilines is 1. The number of thiophene rings is 1. The Hall–Kier alpha value is -2.72. The van der Waals surface area contributed by atoms with Gasteiger partial charge in [-0.15, -0.1) is 15.7 Å². The van der Waals surface area contributed by atoms with Crippen molar-refractivity contribution in [3.63, 3.8) is 0 Å². The Morgan fingerprint density at radius 1 is 1.11 bits per heavy atom. The molecule has 0 unspecified atom stereocenters. The number of esters is 2. The van der Waals surface area contributed by atoms with Gasteiger partial charge >= 0.3 is 11.9 Å². The van der Waals surface area contributed by atoms with Crippen LogP contribution in [0.15, 0.2) is 33.6 Å². The van der Waals surface area contributed by atoms with Gasteiger partial charge in [-0.3, -0.25) is 0 Å². The molecule has 2 heterocycles. The van der Waals surface area contributed by atoms with Crippen LogP contribution in [0, 0.1) is 6.92 Å². The lowest BCUT2D eigenvalue weighted by Crippen LogP contribution is -2.14. The quantitative estimate of drug-likeness (QED) is 0.737. The Kier molecular flexibility index (Phi) is 5.52. The van der Waals surface area contributed by atoms with Gasteiger partial charge in [0.25, 0.3) is 10.0 Å². The molecule has 1 aliphatic heterocycles. The van der Waals surface area contributed by atoms with Gasteiger partial charge in [-0.2, -0.15) is 8.42 Å². The molecule has 28 heavy (non-hydrogen) atoms. The minimum atomic E-state index is -3.82. The van der Waals surface area contributed by atoms with E-state index in [1.165, 1.54) is 6.07 Å². The van der Waals surface area contributed by atoms with E-state index >= 15 is 0 Å². The summed E-state index contributed by atoms with van der Waals surface area (Å²) in [7, 11) is -3.82. The Morgan fingerprint density at radius 2 is 1.75 bits per heavy atom. The monoisotopic (exact) mass is 422 g/mol. The van der Waals surface area contributed by atoms with Crippen LogP contribution in [0.5, 0.6) is 0 Å². The first-order valence-corrected chi connectivity index (χ1v) is 10.7. The maximum atomic E-state index is 12.5. The number of hydrogen-bond acceptors (Lipinski definition) is 8. The number of benzene rings is 1. The van der Waals surface area contributed by atoms with Crippen molar-refractivity contribution in [1.82, 2.24) is 0 Å². The van der Waals surface area contributed by atoms with E-state index in [2.05, 4.69) is 9.71 Å². The van der Waals surface area contributed by atoms with Crippen LogP contribution in [0.2, 0.25) is 0 Å². The molecule has 0 fully saturated rings. The number of nitrogens with one attached hydrogen (secondary N) is 1. The maximum Gasteiger partial charge on any atom is 0.348 e. The van der Waals surface area contributed by atoms with Gasteiger partial charge in [0.15, 0.2) is 5.84 Å². The van der Waals surface area contributed by atoms with Gasteiger partial charge in [0.05, 0.1) is 18.8 Å². The second kappa shape index (κ2) is 7.72. The largest absolute Gasteiger partial charge is 0.462 e. The number of amidine groups is 1. The van der Waals surface area contributed by atoms with Gasteiger partial charge in [0, 0.05) is 5.56 Å². The molecule has 0 spiro atoms. The van der Waals surface area contributed by atoms with Crippen LogP contribution in [0.4, 0.5) is 5.00 Å². The topological polar surface area (TPSA) is 111 Å². The highest BCUT2D eigenvalue weighted by Gasteiger charge is 2.32. The lowest BCUT2D eigenvalue weighted by atomic mass is 10.1. The molecule has 0 aliphatic carbocycles. The second-order valence-corrected chi connectivity index (χ2v) is 8.33. The van der Waals surface area contributed by atoms with Crippen LogP contribution < -0.4 is 5.32 Å². The predicted molar refractivity (Wildman–Crippen MR) is 105 cm³/mol. The van der Waals surface area contributed by atoms with E-state index < -0.39 is 22.0 Å². The van der Waals surface area contributed by atoms with Gasteiger partial charge in [-0.05, 0) is 38.5 Å². The zero-order valence-corrected chi connectivity index (χ0v) is 17.1. The fourth-order valence-corrected chi connectivity index (χ4v) is 5.01. The molecular formula is C18H18N2O6S2. The lowest BCUT2D eigenvalue weighted by Gasteiger charge is -2.08. The lowest BCUT2D eigenvalue weighted by molar-refractivity contribution is 0.0527. The van der Waals surface area contributed by atoms with Crippen LogP contribution in [-0.4, -0.2) is 39.4 Å². The third-order valence-electron chi connectivity index (χ3n) is 3.95. The van der Waals surface area contributed by atoms with Crippen molar-refractivity contribution in [3.05, 3.63) is 45.8 Å². The fraction of sp³-hybridized carbons (Fsp3) is 0.278. The van der Waals surface area contributed by atoms with Crippen molar-refractivity contribution in [3.8, 4) is 0 Å². The number of ether oxygens (including phenoxy) is 2. The molecule has 3 rings (SSSR count). The third-order valence-corrected chi connectivity index (χ3v) is 6.47. The van der Waals surface area contributed by atoms with Gasteiger partial charge in [-0.25, -0.2) is 9.59 Å². The smallest absolute Gasteiger partial charge is 0.348 e. The number of carbonyl (C=O) groups excluding carboxylic acids is 2. The van der Waals surface area contributed by atoms with Crippen LogP contribution in [-0.2, 0) is 19.5 Å². The summed E-state index contributed by atoms with van der Waals surface area (Å²) in [6.45, 7) is 5.30. The molecule has 0 amide bonds. The highest BCUT2D eigenvalue weighted by atomic mass is 32.2. The number of nitrogens with zero attached hydrogens (tertiary/aromatic N) is 1. The van der Waals surface area contributed by atoms with Gasteiger partial charge in [-0.1, -0.05) is 12.1 Å². The number of sulfonamides is 1. The van der Waals surface area contributed by atoms with Crippen LogP contribution in [0.3, 0.4) is 0 Å². The molecular weight excluding hydrogens is 404 g/mol. The molecule has 8 nitrogen and oxygen atoms in total. The molecule has 1 N–H and O–H groups in total. The van der Waals surface area contributed by atoms with E-state index in [0.717, 1.165) is 11.3 Å². The van der Waals surface area contributed by atoms with E-state index in [9.17, 15) is 18.0 Å². The van der Waals surface area contributed by atoms with Crippen molar-refractivity contribution < 1.29 is 27.5 Å². The summed E-state index contributed by atoms with van der Waals surface area (Å²) in [5, 5.41) is 3.17. The van der Waals surface area contributed by atoms with Crippen molar-refractivity contribution in [1.29, 1.82) is 0 Å². The highest BCUT2D eigenvalue weighted by molar-refractivity contribution is 7.90. The zero-order valence-electron chi connectivity index (χ0n) is 15.4. The molecule has 0 bridgehead atoms. The molecule has 0 saturated heterocycles. The molecule has 0 saturated carbocycles. The average molecular weight is 422 g/mol. The highest BCUT2D eigenvalue weighted by Crippen LogP contribution is 2.36. The summed E-state index contributed by atoms with van der Waals surface area (Å²) < 4.78 is 38.4. The van der Waals surface area contributed by atoms with Crippen LogP contribution in [0.1, 0.15) is 45.0 Å². The first kappa shape index (κ1) is 20.0. The summed E-state index contributed by atoms with van der Waals surface area (Å²) in [6, 6.07) is 6.36. The number of carbonyl (C=O) groups is 2. The summed E-state index contributed by atoms with van der Waals surface area (Å²) in [4.78, 5) is 25.0. The molecule has 0 radical (unpaired) electrons. The predicted octanol–water partition coefficient (Wildman–Crippen LogP) is 2.97. The summed E-state index contributed by atoms with van der Waals surface area (Å²) >= 11 is 0.988. The Morgan fingerprint density at radius 3 is 2.43 bits per heavy atom. The SMILES string of the molecule is CCOC(=O)c1sc(NC2=NS(=O)(=O)c3ccccc32)c(C(=O)OCC)c1C. The van der Waals surface area contributed by atoms with E-state index in [1.54, 1.807) is 39.0 Å². The summed E-state index contributed by atoms with van der Waals surface area (Å²) in [5.41, 5.74) is 0.944. The van der Waals surface area contributed by atoms with Crippen molar-refractivity contribution in [2.24, 2.45) is 4.40 Å². The summed E-state index contributed by atoms with van der Waals surface area (Å²) in [6.07, 6.45) is 0. The summed E-state index contributed by atoms with van der Waals surface area (Å²) in [5.74, 6) is -1.10. The van der Waals surface area contributed by atoms with E-state index in [-0.39, 0.29) is 39.4 Å². The normalized spacial score (nSPS) is 14.2. The standard InChI is InChI=1S/C18H18N2O6S2/c1-4-25-17(21)13-10(3)14(18(22)26-5-2)27-16(13)19-15-11-8-6-7-9-12(11)28(23,24)20-15/h6-9H,4-5H2,1-3H3,(H,19,20). The molecule has 1 aromatic heterocycles. The Balaban J connectivity index is 2.08. The van der Waals surface area contributed by atoms with Crippen LogP contribution >= 0.6 is 11.3 Å².